The number of rotatable bonds is 2. The van der Waals surface area contributed by atoms with Crippen molar-refractivity contribution in [2.45, 2.75) is 43.9 Å². The normalized spacial score (nSPS) is 35.1. The third-order valence-electron chi connectivity index (χ3n) is 2.32. The van der Waals surface area contributed by atoms with Crippen LogP contribution in [0.5, 0.6) is 0 Å². The first-order chi connectivity index (χ1) is 5.24. The molecular formula is C8H17NOS. The summed E-state index contributed by atoms with van der Waals surface area (Å²) >= 11 is 0. The van der Waals surface area contributed by atoms with E-state index in [2.05, 4.69) is 0 Å². The molecule has 1 saturated carbocycles. The summed E-state index contributed by atoms with van der Waals surface area (Å²) in [6.07, 6.45) is 4.38. The van der Waals surface area contributed by atoms with Crippen molar-refractivity contribution >= 4 is 10.8 Å². The zero-order valence-corrected chi connectivity index (χ0v) is 7.90. The predicted molar refractivity (Wildman–Crippen MR) is 48.9 cm³/mol. The first-order valence-electron chi connectivity index (χ1n) is 4.36. The molecule has 0 spiro atoms. The van der Waals surface area contributed by atoms with Crippen molar-refractivity contribution in [3.05, 3.63) is 0 Å². The molecule has 0 amide bonds. The average Bonchev–Trinajstić information content (AvgIpc) is 2.03. The minimum atomic E-state index is -0.614. The van der Waals surface area contributed by atoms with Crippen LogP contribution in [0.25, 0.3) is 0 Å². The first kappa shape index (κ1) is 9.20. The lowest BCUT2D eigenvalue weighted by Gasteiger charge is -2.25. The molecule has 11 heavy (non-hydrogen) atoms. The predicted octanol–water partition coefficient (Wildman–Crippen LogP) is 1.02. The van der Waals surface area contributed by atoms with E-state index in [1.807, 2.05) is 6.92 Å². The second-order valence-corrected chi connectivity index (χ2v) is 5.22. The Bertz CT molecular complexity index is 149. The molecule has 1 aliphatic rings. The molecule has 2 N–H and O–H groups in total. The maximum Gasteiger partial charge on any atom is 0.0362 e. The zero-order valence-electron chi connectivity index (χ0n) is 7.08. The molecule has 0 aromatic heterocycles. The van der Waals surface area contributed by atoms with Crippen molar-refractivity contribution in [2.24, 2.45) is 5.73 Å². The molecule has 0 aromatic carbocycles. The van der Waals surface area contributed by atoms with Crippen LogP contribution < -0.4 is 5.73 Å². The monoisotopic (exact) mass is 175 g/mol. The van der Waals surface area contributed by atoms with Crippen LogP contribution in [-0.4, -0.2) is 21.3 Å². The molecule has 3 heteroatoms. The van der Waals surface area contributed by atoms with Gasteiger partial charge in [0.25, 0.3) is 0 Å². The molecule has 2 nitrogen and oxygen atoms in total. The highest BCUT2D eigenvalue weighted by atomic mass is 32.2. The maximum absolute atomic E-state index is 11.4. The van der Waals surface area contributed by atoms with Crippen molar-refractivity contribution in [2.75, 3.05) is 5.75 Å². The molecule has 0 aromatic rings. The van der Waals surface area contributed by atoms with E-state index in [4.69, 9.17) is 5.73 Å². The van der Waals surface area contributed by atoms with E-state index in [9.17, 15) is 4.21 Å². The summed E-state index contributed by atoms with van der Waals surface area (Å²) in [5, 5.41) is 0.392. The van der Waals surface area contributed by atoms with Gasteiger partial charge in [0.05, 0.1) is 0 Å². The molecule has 1 aliphatic carbocycles. The van der Waals surface area contributed by atoms with E-state index in [1.165, 1.54) is 0 Å². The Morgan fingerprint density at radius 3 is 2.82 bits per heavy atom. The minimum absolute atomic E-state index is 0.309. The highest BCUT2D eigenvalue weighted by molar-refractivity contribution is 7.85. The van der Waals surface area contributed by atoms with Gasteiger partial charge in [-0.05, 0) is 19.3 Å². The fourth-order valence-corrected chi connectivity index (χ4v) is 3.02. The molecule has 0 aliphatic heterocycles. The fraction of sp³-hybridized carbons (Fsp3) is 1.00. The third-order valence-corrected chi connectivity index (χ3v) is 4.06. The molecule has 1 rings (SSSR count). The molecular weight excluding hydrogens is 158 g/mol. The summed E-state index contributed by atoms with van der Waals surface area (Å²) in [7, 11) is -0.614. The van der Waals surface area contributed by atoms with Gasteiger partial charge in [-0.3, -0.25) is 4.21 Å². The largest absolute Gasteiger partial charge is 0.328 e. The topological polar surface area (TPSA) is 43.1 Å². The maximum atomic E-state index is 11.4. The molecule has 1 fully saturated rings. The van der Waals surface area contributed by atoms with E-state index in [-0.39, 0.29) is 0 Å². The quantitative estimate of drug-likeness (QED) is 0.681. The zero-order chi connectivity index (χ0) is 8.27. The number of hydrogen-bond acceptors (Lipinski definition) is 2. The van der Waals surface area contributed by atoms with Crippen molar-refractivity contribution < 1.29 is 4.21 Å². The van der Waals surface area contributed by atoms with E-state index < -0.39 is 10.8 Å². The number of hydrogen-bond donors (Lipinski definition) is 1. The van der Waals surface area contributed by atoms with Crippen LogP contribution in [0.2, 0.25) is 0 Å². The van der Waals surface area contributed by atoms with E-state index in [1.54, 1.807) is 0 Å². The molecule has 3 atom stereocenters. The van der Waals surface area contributed by atoms with Gasteiger partial charge in [-0.15, -0.1) is 0 Å². The van der Waals surface area contributed by atoms with Crippen LogP contribution in [0.1, 0.15) is 32.6 Å². The third kappa shape index (κ3) is 2.56. The SMILES string of the molecule is CC[S@](=O)[C@H]1CCC[C@@H](N)C1. The summed E-state index contributed by atoms with van der Waals surface area (Å²) in [6, 6.07) is 0.309. The van der Waals surface area contributed by atoms with Crippen LogP contribution in [0, 0.1) is 0 Å². The van der Waals surface area contributed by atoms with Crippen molar-refractivity contribution in [1.82, 2.24) is 0 Å². The second kappa shape index (κ2) is 4.21. The van der Waals surface area contributed by atoms with E-state index in [0.717, 1.165) is 31.4 Å². The average molecular weight is 175 g/mol. The van der Waals surface area contributed by atoms with Crippen LogP contribution in [0.15, 0.2) is 0 Å². The van der Waals surface area contributed by atoms with Gasteiger partial charge >= 0.3 is 0 Å². The lowest BCUT2D eigenvalue weighted by atomic mass is 9.96. The summed E-state index contributed by atoms with van der Waals surface area (Å²) in [5.74, 6) is 0.789. The molecule has 0 bridgehead atoms. The Labute approximate surface area is 71.0 Å². The van der Waals surface area contributed by atoms with Gasteiger partial charge in [0.1, 0.15) is 0 Å². The van der Waals surface area contributed by atoms with Crippen LogP contribution in [0.3, 0.4) is 0 Å². The Kier molecular flexibility index (Phi) is 3.52. The second-order valence-electron chi connectivity index (χ2n) is 3.22. The Balaban J connectivity index is 2.39. The Hall–Kier alpha value is 0.110. The van der Waals surface area contributed by atoms with E-state index in [0.29, 0.717) is 11.3 Å². The fourth-order valence-electron chi connectivity index (χ4n) is 1.66. The Morgan fingerprint density at radius 1 is 1.55 bits per heavy atom. The molecule has 0 radical (unpaired) electrons. The van der Waals surface area contributed by atoms with Crippen LogP contribution >= 0.6 is 0 Å². The first-order valence-corrected chi connectivity index (χ1v) is 5.75. The standard InChI is InChI=1S/C8H17NOS/c1-2-11(10)8-5-3-4-7(9)6-8/h7-8H,2-6,9H2,1H3/t7-,8+,11+/m1/s1. The molecule has 66 valence electrons. The molecule has 0 saturated heterocycles. The van der Waals surface area contributed by atoms with Crippen molar-refractivity contribution in [1.29, 1.82) is 0 Å². The molecule has 0 unspecified atom stereocenters. The highest BCUT2D eigenvalue weighted by Gasteiger charge is 2.22. The smallest absolute Gasteiger partial charge is 0.0362 e. The van der Waals surface area contributed by atoms with Crippen LogP contribution in [-0.2, 0) is 10.8 Å². The van der Waals surface area contributed by atoms with Gasteiger partial charge in [-0.2, -0.15) is 0 Å². The van der Waals surface area contributed by atoms with Gasteiger partial charge in [0.15, 0.2) is 0 Å². The van der Waals surface area contributed by atoms with Gasteiger partial charge in [-0.1, -0.05) is 13.3 Å². The van der Waals surface area contributed by atoms with Gasteiger partial charge in [-0.25, -0.2) is 0 Å². The lowest BCUT2D eigenvalue weighted by Crippen LogP contribution is -2.33. The van der Waals surface area contributed by atoms with Gasteiger partial charge in [0, 0.05) is 27.8 Å². The van der Waals surface area contributed by atoms with Gasteiger partial charge < -0.3 is 5.73 Å². The lowest BCUT2D eigenvalue weighted by molar-refractivity contribution is 0.444. The summed E-state index contributed by atoms with van der Waals surface area (Å²) in [5.41, 5.74) is 5.78. The Morgan fingerprint density at radius 2 is 2.27 bits per heavy atom. The molecule has 0 heterocycles. The number of nitrogens with two attached hydrogens (primary N) is 1. The minimum Gasteiger partial charge on any atom is -0.328 e. The van der Waals surface area contributed by atoms with Gasteiger partial charge in [0.2, 0.25) is 0 Å². The highest BCUT2D eigenvalue weighted by Crippen LogP contribution is 2.21. The summed E-state index contributed by atoms with van der Waals surface area (Å²) in [4.78, 5) is 0. The summed E-state index contributed by atoms with van der Waals surface area (Å²) < 4.78 is 11.4. The van der Waals surface area contributed by atoms with Crippen LogP contribution in [0.4, 0.5) is 0 Å². The van der Waals surface area contributed by atoms with Crippen molar-refractivity contribution in [3.63, 3.8) is 0 Å². The van der Waals surface area contributed by atoms with Crippen molar-refractivity contribution in [3.8, 4) is 0 Å². The summed E-state index contributed by atoms with van der Waals surface area (Å²) in [6.45, 7) is 1.98. The van der Waals surface area contributed by atoms with E-state index >= 15 is 0 Å².